The van der Waals surface area contributed by atoms with Gasteiger partial charge in [-0.1, -0.05) is 39.8 Å². The minimum Gasteiger partial charge on any atom is -0.394 e. The van der Waals surface area contributed by atoms with E-state index in [2.05, 4.69) is 38.2 Å². The third-order valence-electron chi connectivity index (χ3n) is 3.28. The van der Waals surface area contributed by atoms with Crippen LogP contribution >= 0.6 is 0 Å². The lowest BCUT2D eigenvalue weighted by atomic mass is 9.88. The zero-order valence-electron chi connectivity index (χ0n) is 13.1. The summed E-state index contributed by atoms with van der Waals surface area (Å²) in [5.74, 6) is 0.145. The Bertz CT molecular complexity index is 435. The summed E-state index contributed by atoms with van der Waals surface area (Å²) in [4.78, 5) is 12.1. The second-order valence-corrected chi connectivity index (χ2v) is 6.54. The molecule has 0 fully saturated rings. The summed E-state index contributed by atoms with van der Waals surface area (Å²) in [7, 11) is 0. The van der Waals surface area contributed by atoms with Crippen LogP contribution < -0.4 is 5.32 Å². The van der Waals surface area contributed by atoms with Crippen molar-refractivity contribution in [2.75, 3.05) is 6.61 Å². The first-order chi connectivity index (χ1) is 9.26. The van der Waals surface area contributed by atoms with Crippen LogP contribution in [0.2, 0.25) is 0 Å². The molecular weight excluding hydrogens is 256 g/mol. The average molecular weight is 282 g/mol. The number of carbonyl (C=O) groups is 1. The van der Waals surface area contributed by atoms with Crippen molar-refractivity contribution >= 4 is 5.91 Å². The Kier molecular flexibility index (Phi) is 5.74. The van der Waals surface area contributed by atoms with Crippen molar-refractivity contribution in [1.82, 2.24) is 10.5 Å². The molecule has 0 saturated carbocycles. The summed E-state index contributed by atoms with van der Waals surface area (Å²) in [5.41, 5.74) is 0.818. The van der Waals surface area contributed by atoms with Gasteiger partial charge in [-0.2, -0.15) is 0 Å². The summed E-state index contributed by atoms with van der Waals surface area (Å²) >= 11 is 0. The number of nitrogens with zero attached hydrogens (tertiary/aromatic N) is 1. The molecule has 0 saturated heterocycles. The van der Waals surface area contributed by atoms with Crippen molar-refractivity contribution in [3.05, 3.63) is 17.5 Å². The maximum atomic E-state index is 12.1. The lowest BCUT2D eigenvalue weighted by Gasteiger charge is -2.24. The summed E-state index contributed by atoms with van der Waals surface area (Å²) in [6, 6.07) is 1.40. The molecule has 0 aliphatic heterocycles. The van der Waals surface area contributed by atoms with Crippen molar-refractivity contribution in [2.24, 2.45) is 5.41 Å². The number of amides is 1. The normalized spacial score (nSPS) is 14.9. The lowest BCUT2D eigenvalue weighted by molar-refractivity contribution is 0.0860. The second-order valence-electron chi connectivity index (χ2n) is 6.54. The Balaban J connectivity index is 2.67. The van der Waals surface area contributed by atoms with Crippen LogP contribution in [0.25, 0.3) is 0 Å². The fourth-order valence-electron chi connectivity index (χ4n) is 1.99. The third kappa shape index (κ3) is 4.96. The highest BCUT2D eigenvalue weighted by Crippen LogP contribution is 2.21. The maximum Gasteiger partial charge on any atom is 0.290 e. The second kappa shape index (κ2) is 6.88. The molecule has 2 atom stereocenters. The van der Waals surface area contributed by atoms with Crippen molar-refractivity contribution in [3.63, 3.8) is 0 Å². The van der Waals surface area contributed by atoms with E-state index in [0.717, 1.165) is 12.1 Å². The van der Waals surface area contributed by atoms with Gasteiger partial charge in [0.1, 0.15) is 0 Å². The lowest BCUT2D eigenvalue weighted by Crippen LogP contribution is -2.39. The van der Waals surface area contributed by atoms with Gasteiger partial charge in [0, 0.05) is 12.0 Å². The van der Waals surface area contributed by atoms with E-state index in [0.29, 0.717) is 6.42 Å². The van der Waals surface area contributed by atoms with Gasteiger partial charge in [0.05, 0.1) is 18.3 Å². The molecule has 0 aliphatic carbocycles. The summed E-state index contributed by atoms with van der Waals surface area (Å²) in [6.45, 7) is 10.2. The summed E-state index contributed by atoms with van der Waals surface area (Å²) in [6.07, 6.45) is 1.64. The van der Waals surface area contributed by atoms with Gasteiger partial charge in [-0.15, -0.1) is 0 Å². The van der Waals surface area contributed by atoms with E-state index in [1.807, 2.05) is 6.92 Å². The Labute approximate surface area is 120 Å². The first kappa shape index (κ1) is 16.7. The number of aliphatic hydroxyl groups excluding tert-OH is 1. The molecule has 2 N–H and O–H groups in total. The van der Waals surface area contributed by atoms with E-state index >= 15 is 0 Å². The quantitative estimate of drug-likeness (QED) is 0.841. The van der Waals surface area contributed by atoms with E-state index in [1.165, 1.54) is 0 Å². The van der Waals surface area contributed by atoms with Gasteiger partial charge in [0.15, 0.2) is 0 Å². The van der Waals surface area contributed by atoms with Crippen LogP contribution in [0.1, 0.15) is 69.6 Å². The van der Waals surface area contributed by atoms with Gasteiger partial charge in [0.25, 0.3) is 5.91 Å². The zero-order valence-corrected chi connectivity index (χ0v) is 13.1. The van der Waals surface area contributed by atoms with Crippen LogP contribution in [0.15, 0.2) is 10.6 Å². The number of aromatic nitrogens is 1. The third-order valence-corrected chi connectivity index (χ3v) is 3.28. The largest absolute Gasteiger partial charge is 0.394 e. The fourth-order valence-corrected chi connectivity index (χ4v) is 1.99. The van der Waals surface area contributed by atoms with Gasteiger partial charge in [-0.05, 0) is 18.3 Å². The molecule has 5 nitrogen and oxygen atoms in total. The molecule has 1 rings (SSSR count). The number of nitrogens with one attached hydrogen (secondary N) is 1. The Morgan fingerprint density at radius 2 is 2.15 bits per heavy atom. The molecule has 0 aromatic carbocycles. The summed E-state index contributed by atoms with van der Waals surface area (Å²) < 4.78 is 5.08. The van der Waals surface area contributed by atoms with E-state index in [4.69, 9.17) is 4.52 Å². The van der Waals surface area contributed by atoms with Gasteiger partial charge in [-0.25, -0.2) is 0 Å². The van der Waals surface area contributed by atoms with Crippen molar-refractivity contribution in [3.8, 4) is 0 Å². The smallest absolute Gasteiger partial charge is 0.290 e. The van der Waals surface area contributed by atoms with E-state index in [-0.39, 0.29) is 35.6 Å². The molecule has 0 bridgehead atoms. The number of hydrogen-bond acceptors (Lipinski definition) is 4. The highest BCUT2D eigenvalue weighted by Gasteiger charge is 2.22. The predicted molar refractivity (Wildman–Crippen MR) is 77.6 cm³/mol. The van der Waals surface area contributed by atoms with Gasteiger partial charge < -0.3 is 14.9 Å². The molecule has 114 valence electrons. The standard InChI is InChI=1S/C15H26N2O3/c1-6-10(2)12-7-13(20-17-12)14(19)16-11(9-18)8-15(3,4)5/h7,10-11,18H,6,8-9H2,1-5H3,(H,16,19). The number of rotatable bonds is 6. The first-order valence-corrected chi connectivity index (χ1v) is 7.15. The molecule has 1 amide bonds. The van der Waals surface area contributed by atoms with Crippen LogP contribution in [0.4, 0.5) is 0 Å². The van der Waals surface area contributed by atoms with Crippen LogP contribution in [0.3, 0.4) is 0 Å². The molecule has 1 aromatic heterocycles. The first-order valence-electron chi connectivity index (χ1n) is 7.15. The molecule has 20 heavy (non-hydrogen) atoms. The molecular formula is C15H26N2O3. The minimum absolute atomic E-state index is 0.0317. The van der Waals surface area contributed by atoms with Crippen LogP contribution in [0.5, 0.6) is 0 Å². The molecule has 0 spiro atoms. The maximum absolute atomic E-state index is 12.1. The highest BCUT2D eigenvalue weighted by atomic mass is 16.5. The number of carbonyl (C=O) groups excluding carboxylic acids is 1. The van der Waals surface area contributed by atoms with E-state index in [9.17, 15) is 9.90 Å². The number of hydrogen-bond donors (Lipinski definition) is 2. The molecule has 1 aromatic rings. The van der Waals surface area contributed by atoms with E-state index in [1.54, 1.807) is 6.07 Å². The molecule has 0 aliphatic rings. The topological polar surface area (TPSA) is 75.4 Å². The van der Waals surface area contributed by atoms with Gasteiger partial charge >= 0.3 is 0 Å². The predicted octanol–water partition coefficient (Wildman–Crippen LogP) is 2.72. The minimum atomic E-state index is -0.324. The fraction of sp³-hybridized carbons (Fsp3) is 0.733. The molecule has 1 heterocycles. The number of aliphatic hydroxyl groups is 1. The average Bonchev–Trinajstić information content (AvgIpc) is 2.84. The Morgan fingerprint density at radius 3 is 2.65 bits per heavy atom. The van der Waals surface area contributed by atoms with Crippen LogP contribution in [0, 0.1) is 5.41 Å². The summed E-state index contributed by atoms with van der Waals surface area (Å²) in [5, 5.41) is 16.1. The van der Waals surface area contributed by atoms with Gasteiger partial charge in [0.2, 0.25) is 5.76 Å². The van der Waals surface area contributed by atoms with Crippen molar-refractivity contribution in [2.45, 2.75) is 59.4 Å². The SMILES string of the molecule is CCC(C)c1cc(C(=O)NC(CO)CC(C)(C)C)on1. The zero-order chi connectivity index (χ0) is 15.3. The molecule has 5 heteroatoms. The monoisotopic (exact) mass is 282 g/mol. The van der Waals surface area contributed by atoms with Crippen molar-refractivity contribution < 1.29 is 14.4 Å². The highest BCUT2D eigenvalue weighted by molar-refractivity contribution is 5.91. The van der Waals surface area contributed by atoms with Crippen LogP contribution in [-0.2, 0) is 0 Å². The van der Waals surface area contributed by atoms with Crippen molar-refractivity contribution in [1.29, 1.82) is 0 Å². The van der Waals surface area contributed by atoms with E-state index < -0.39 is 0 Å². The molecule has 0 radical (unpaired) electrons. The Hall–Kier alpha value is -1.36. The van der Waals surface area contributed by atoms with Gasteiger partial charge in [-0.3, -0.25) is 4.79 Å². The van der Waals surface area contributed by atoms with Crippen LogP contribution in [-0.4, -0.2) is 28.8 Å². The Morgan fingerprint density at radius 1 is 1.50 bits per heavy atom. The molecule has 2 unspecified atom stereocenters.